The van der Waals surface area contributed by atoms with Gasteiger partial charge in [0, 0.05) is 6.42 Å². The number of thiophene rings is 1. The fourth-order valence-electron chi connectivity index (χ4n) is 5.21. The van der Waals surface area contributed by atoms with Crippen LogP contribution < -0.4 is 5.32 Å². The lowest BCUT2D eigenvalue weighted by Gasteiger charge is -2.40. The van der Waals surface area contributed by atoms with Crippen molar-refractivity contribution in [2.24, 2.45) is 5.92 Å². The van der Waals surface area contributed by atoms with Gasteiger partial charge in [-0.1, -0.05) is 95.5 Å². The van der Waals surface area contributed by atoms with Crippen LogP contribution in [0.4, 0.5) is 0 Å². The average molecular weight is 532 g/mol. The Kier molecular flexibility index (Phi) is 11.3. The van der Waals surface area contributed by atoms with Gasteiger partial charge in [-0.3, -0.25) is 9.59 Å². The second kappa shape index (κ2) is 14.4. The van der Waals surface area contributed by atoms with Crippen molar-refractivity contribution in [3.05, 3.63) is 93.2 Å². The first-order valence-electron chi connectivity index (χ1n) is 14.5. The van der Waals surface area contributed by atoms with Crippen LogP contribution in [0.5, 0.6) is 0 Å². The number of carbonyl (C=O) groups is 2. The van der Waals surface area contributed by atoms with E-state index in [2.05, 4.69) is 80.0 Å². The summed E-state index contributed by atoms with van der Waals surface area (Å²) in [6.45, 7) is 10.5. The predicted octanol–water partition coefficient (Wildman–Crippen LogP) is 8.74. The smallest absolute Gasteiger partial charge is 0.231 e. The zero-order valence-corrected chi connectivity index (χ0v) is 24.7. The van der Waals surface area contributed by atoms with Gasteiger partial charge in [0.1, 0.15) is 5.78 Å². The average Bonchev–Trinajstić information content (AvgIpc) is 3.64. The van der Waals surface area contributed by atoms with Crippen molar-refractivity contribution in [3.8, 4) is 0 Å². The summed E-state index contributed by atoms with van der Waals surface area (Å²) in [5, 5.41) is 7.31. The van der Waals surface area contributed by atoms with E-state index in [1.54, 1.807) is 11.3 Å². The van der Waals surface area contributed by atoms with Crippen LogP contribution in [0.25, 0.3) is 0 Å². The Labute approximate surface area is 234 Å². The van der Waals surface area contributed by atoms with Crippen LogP contribution >= 0.6 is 11.3 Å². The minimum atomic E-state index is -0.723. The Balaban J connectivity index is 0.000000280. The zero-order valence-electron chi connectivity index (χ0n) is 23.9. The van der Waals surface area contributed by atoms with Gasteiger partial charge >= 0.3 is 0 Å². The number of piperidine rings is 1. The first kappa shape index (κ1) is 29.8. The molecule has 0 bridgehead atoms. The maximum Gasteiger partial charge on any atom is 0.231 e. The molecule has 2 aliphatic rings. The minimum absolute atomic E-state index is 0.0691. The lowest BCUT2D eigenvalue weighted by Crippen LogP contribution is -2.56. The van der Waals surface area contributed by atoms with Crippen LogP contribution in [-0.2, 0) is 21.5 Å². The molecule has 2 unspecified atom stereocenters. The maximum absolute atomic E-state index is 12.9. The third kappa shape index (κ3) is 7.22. The van der Waals surface area contributed by atoms with E-state index in [4.69, 9.17) is 0 Å². The molecule has 0 spiro atoms. The fraction of sp³-hybridized carbons (Fsp3) is 0.471. The monoisotopic (exact) mass is 531 g/mol. The summed E-state index contributed by atoms with van der Waals surface area (Å²) in [7, 11) is 0. The highest BCUT2D eigenvalue weighted by molar-refractivity contribution is 7.08. The molecule has 2 heterocycles. The molecular weight excluding hydrogens is 486 g/mol. The first-order chi connectivity index (χ1) is 18.5. The number of unbranched alkanes of at least 4 members (excludes halogenated alkanes) is 1. The van der Waals surface area contributed by atoms with E-state index in [0.29, 0.717) is 18.8 Å². The Bertz CT molecular complexity index is 1130. The molecule has 3 aromatic rings. The van der Waals surface area contributed by atoms with Gasteiger partial charge < -0.3 is 5.32 Å². The SMILES string of the molecule is CC.CCCCC1C(=O)CC(c2ccc(C3CC3)cc2)(c2ccsc2)NC1=O.CCCc1ccccc1C. The van der Waals surface area contributed by atoms with E-state index < -0.39 is 11.5 Å². The number of rotatable bonds is 8. The molecule has 1 N–H and O–H groups in total. The molecule has 2 aromatic carbocycles. The van der Waals surface area contributed by atoms with Gasteiger partial charge in [0.25, 0.3) is 0 Å². The van der Waals surface area contributed by atoms with Crippen molar-refractivity contribution in [1.29, 1.82) is 0 Å². The van der Waals surface area contributed by atoms with Gasteiger partial charge in [-0.05, 0) is 83.2 Å². The van der Waals surface area contributed by atoms with E-state index in [0.717, 1.165) is 24.0 Å². The zero-order chi connectivity index (χ0) is 27.5. The van der Waals surface area contributed by atoms with Gasteiger partial charge in [0.2, 0.25) is 5.91 Å². The number of aryl methyl sites for hydroxylation is 2. The summed E-state index contributed by atoms with van der Waals surface area (Å²) in [6, 6.07) is 19.1. The number of carbonyl (C=O) groups excluding carboxylic acids is 2. The second-order valence-corrected chi connectivity index (χ2v) is 11.1. The third-order valence-electron chi connectivity index (χ3n) is 7.57. The van der Waals surface area contributed by atoms with Crippen molar-refractivity contribution < 1.29 is 9.59 Å². The van der Waals surface area contributed by atoms with Crippen molar-refractivity contribution >= 4 is 23.0 Å². The van der Waals surface area contributed by atoms with E-state index in [1.165, 1.54) is 42.4 Å². The normalized spacial score (nSPS) is 20.5. The van der Waals surface area contributed by atoms with Crippen LogP contribution in [0.15, 0.2) is 65.4 Å². The molecule has 38 heavy (non-hydrogen) atoms. The van der Waals surface area contributed by atoms with E-state index in [9.17, 15) is 9.59 Å². The Morgan fingerprint density at radius 2 is 1.63 bits per heavy atom. The van der Waals surface area contributed by atoms with Gasteiger partial charge in [-0.2, -0.15) is 11.3 Å². The van der Waals surface area contributed by atoms with Gasteiger partial charge in [0.05, 0.1) is 11.5 Å². The molecule has 1 saturated heterocycles. The number of Topliss-reactive ketones (excluding diaryl/α,β-unsaturated/α-hetero) is 1. The van der Waals surface area contributed by atoms with Crippen molar-refractivity contribution in [3.63, 3.8) is 0 Å². The third-order valence-corrected chi connectivity index (χ3v) is 8.26. The fourth-order valence-corrected chi connectivity index (χ4v) is 5.94. The highest BCUT2D eigenvalue weighted by atomic mass is 32.1. The maximum atomic E-state index is 12.9. The minimum Gasteiger partial charge on any atom is -0.341 e. The van der Waals surface area contributed by atoms with Crippen molar-refractivity contribution in [2.45, 2.75) is 97.4 Å². The number of hydrogen-bond donors (Lipinski definition) is 1. The van der Waals surface area contributed by atoms with Crippen molar-refractivity contribution in [2.75, 3.05) is 0 Å². The summed E-state index contributed by atoms with van der Waals surface area (Å²) in [5.41, 5.74) is 5.57. The quantitative estimate of drug-likeness (QED) is 0.295. The first-order valence-corrected chi connectivity index (χ1v) is 15.4. The van der Waals surface area contributed by atoms with Gasteiger partial charge in [0.15, 0.2) is 0 Å². The largest absolute Gasteiger partial charge is 0.341 e. The standard InChI is InChI=1S/C22H25NO2S.C10H14.C2H6/c1-2-3-4-19-20(24)13-22(23-21(19)25,18-11-12-26-14-18)17-9-7-16(8-10-17)15-5-6-15;1-3-6-10-8-5-4-7-9(10)2;1-2/h7-12,14-15,19H,2-6,13H2,1H3,(H,23,25);4-5,7-8H,3,6H2,1-2H3;1-2H3. The lowest BCUT2D eigenvalue weighted by atomic mass is 9.73. The molecule has 1 saturated carbocycles. The molecule has 2 atom stereocenters. The Morgan fingerprint density at radius 3 is 2.18 bits per heavy atom. The highest BCUT2D eigenvalue weighted by Gasteiger charge is 2.46. The Hall–Kier alpha value is -2.72. The van der Waals surface area contributed by atoms with Crippen molar-refractivity contribution in [1.82, 2.24) is 5.32 Å². The number of nitrogens with one attached hydrogen (secondary N) is 1. The van der Waals surface area contributed by atoms with E-state index in [1.807, 2.05) is 25.3 Å². The molecule has 1 aliphatic carbocycles. The molecule has 0 radical (unpaired) electrons. The molecule has 4 heteroatoms. The summed E-state index contributed by atoms with van der Waals surface area (Å²) < 4.78 is 0. The Morgan fingerprint density at radius 1 is 0.921 bits per heavy atom. The number of benzene rings is 2. The highest BCUT2D eigenvalue weighted by Crippen LogP contribution is 2.43. The number of ketones is 1. The molecule has 204 valence electrons. The molecule has 1 amide bonds. The summed E-state index contributed by atoms with van der Waals surface area (Å²) in [4.78, 5) is 25.8. The molecule has 1 aliphatic heterocycles. The predicted molar refractivity (Wildman–Crippen MR) is 161 cm³/mol. The second-order valence-electron chi connectivity index (χ2n) is 10.3. The molecular formula is C34H45NO2S. The number of hydrogen-bond acceptors (Lipinski definition) is 3. The lowest BCUT2D eigenvalue weighted by molar-refractivity contribution is -0.140. The molecule has 5 rings (SSSR count). The van der Waals surface area contributed by atoms with E-state index >= 15 is 0 Å². The van der Waals surface area contributed by atoms with Crippen LogP contribution in [0.3, 0.4) is 0 Å². The topological polar surface area (TPSA) is 46.2 Å². The summed E-state index contributed by atoms with van der Waals surface area (Å²) in [5.74, 6) is 0.154. The van der Waals surface area contributed by atoms with Gasteiger partial charge in [-0.15, -0.1) is 0 Å². The number of amides is 1. The van der Waals surface area contributed by atoms with Crippen LogP contribution in [0.2, 0.25) is 0 Å². The summed E-state index contributed by atoms with van der Waals surface area (Å²) in [6.07, 6.45) is 7.89. The molecule has 3 nitrogen and oxygen atoms in total. The van der Waals surface area contributed by atoms with Crippen LogP contribution in [0.1, 0.15) is 106 Å². The van der Waals surface area contributed by atoms with Crippen LogP contribution in [0, 0.1) is 12.8 Å². The van der Waals surface area contributed by atoms with Crippen LogP contribution in [-0.4, -0.2) is 11.7 Å². The summed E-state index contributed by atoms with van der Waals surface area (Å²) >= 11 is 1.60. The molecule has 2 fully saturated rings. The van der Waals surface area contributed by atoms with E-state index in [-0.39, 0.29) is 11.7 Å². The van der Waals surface area contributed by atoms with Gasteiger partial charge in [-0.25, -0.2) is 0 Å². The molecule has 1 aromatic heterocycles.